The Bertz CT molecular complexity index is 419. The molecule has 0 saturated carbocycles. The minimum absolute atomic E-state index is 0.0619. The van der Waals surface area contributed by atoms with Crippen LogP contribution in [0.25, 0.3) is 0 Å². The van der Waals surface area contributed by atoms with Gasteiger partial charge < -0.3 is 5.11 Å². The Hall–Kier alpha value is -0.940. The molecule has 74 valence electrons. The van der Waals surface area contributed by atoms with Gasteiger partial charge >= 0.3 is 5.97 Å². The van der Waals surface area contributed by atoms with Gasteiger partial charge in [-0.3, -0.25) is 4.79 Å². The Morgan fingerprint density at radius 1 is 1.43 bits per heavy atom. The summed E-state index contributed by atoms with van der Waals surface area (Å²) in [5, 5.41) is 8.10. The highest BCUT2D eigenvalue weighted by Crippen LogP contribution is 2.26. The van der Waals surface area contributed by atoms with Crippen LogP contribution in [0.5, 0.6) is 0 Å². The van der Waals surface area contributed by atoms with Gasteiger partial charge in [0, 0.05) is 4.47 Å². The molecule has 0 spiro atoms. The Kier molecular flexibility index (Phi) is 3.23. The number of ketones is 1. The Morgan fingerprint density at radius 3 is 2.50 bits per heavy atom. The molecule has 0 atom stereocenters. The van der Waals surface area contributed by atoms with Crippen molar-refractivity contribution in [3.05, 3.63) is 33.0 Å². The lowest BCUT2D eigenvalue weighted by atomic mass is 10.1. The van der Waals surface area contributed by atoms with E-state index in [1.165, 1.54) is 12.1 Å². The van der Waals surface area contributed by atoms with Gasteiger partial charge in [-0.1, -0.05) is 11.6 Å². The number of halogens is 3. The largest absolute Gasteiger partial charge is 0.475 e. The second-order valence-electron chi connectivity index (χ2n) is 2.35. The number of hydrogen-bond acceptors (Lipinski definition) is 2. The zero-order chi connectivity index (χ0) is 10.9. The van der Waals surface area contributed by atoms with E-state index in [0.717, 1.165) is 0 Å². The summed E-state index contributed by atoms with van der Waals surface area (Å²) in [5.41, 5.74) is -0.565. The van der Waals surface area contributed by atoms with Crippen molar-refractivity contribution in [3.8, 4) is 0 Å². The molecule has 0 aliphatic heterocycles. The third-order valence-electron chi connectivity index (χ3n) is 1.47. The van der Waals surface area contributed by atoms with Crippen LogP contribution < -0.4 is 0 Å². The molecule has 6 heteroatoms. The first-order valence-corrected chi connectivity index (χ1v) is 4.53. The maximum Gasteiger partial charge on any atom is 0.377 e. The molecular formula is C8H3BrClFO3. The molecule has 0 aromatic heterocycles. The number of Topliss-reactive ketones (excluding diaryl/α,β-unsaturated/α-hetero) is 1. The standard InChI is InChI=1S/C8H3BrClFO3/c9-3-1-2-4(10)6(11)5(3)7(12)8(13)14/h1-2H,(H,13,14). The molecule has 0 fully saturated rings. The van der Waals surface area contributed by atoms with Gasteiger partial charge in [-0.2, -0.15) is 0 Å². The van der Waals surface area contributed by atoms with E-state index in [2.05, 4.69) is 15.9 Å². The van der Waals surface area contributed by atoms with E-state index in [4.69, 9.17) is 16.7 Å². The van der Waals surface area contributed by atoms with Crippen molar-refractivity contribution in [1.29, 1.82) is 0 Å². The van der Waals surface area contributed by atoms with Gasteiger partial charge in [0.15, 0.2) is 5.82 Å². The van der Waals surface area contributed by atoms with Crippen LogP contribution in [0.4, 0.5) is 4.39 Å². The van der Waals surface area contributed by atoms with E-state index in [0.29, 0.717) is 0 Å². The smallest absolute Gasteiger partial charge is 0.377 e. The molecule has 0 bridgehead atoms. The molecule has 0 aliphatic carbocycles. The van der Waals surface area contributed by atoms with Crippen molar-refractivity contribution in [3.63, 3.8) is 0 Å². The van der Waals surface area contributed by atoms with Crippen LogP contribution in [0, 0.1) is 5.82 Å². The third-order valence-corrected chi connectivity index (χ3v) is 2.42. The topological polar surface area (TPSA) is 54.4 Å². The van der Waals surface area contributed by atoms with Gasteiger partial charge in [0.1, 0.15) is 0 Å². The summed E-state index contributed by atoms with van der Waals surface area (Å²) >= 11 is 8.26. The lowest BCUT2D eigenvalue weighted by molar-refractivity contribution is -0.131. The van der Waals surface area contributed by atoms with E-state index < -0.39 is 23.1 Å². The van der Waals surface area contributed by atoms with Crippen molar-refractivity contribution < 1.29 is 19.1 Å². The Balaban J connectivity index is 3.40. The summed E-state index contributed by atoms with van der Waals surface area (Å²) in [6.45, 7) is 0. The highest BCUT2D eigenvalue weighted by molar-refractivity contribution is 9.10. The molecule has 1 N–H and O–H groups in total. The van der Waals surface area contributed by atoms with E-state index in [1.807, 2.05) is 0 Å². The van der Waals surface area contributed by atoms with Crippen LogP contribution >= 0.6 is 27.5 Å². The van der Waals surface area contributed by atoms with Crippen molar-refractivity contribution in [2.24, 2.45) is 0 Å². The van der Waals surface area contributed by atoms with Crippen LogP contribution in [-0.2, 0) is 4.79 Å². The maximum atomic E-state index is 13.2. The van der Waals surface area contributed by atoms with Crippen LogP contribution in [0.2, 0.25) is 5.02 Å². The molecule has 0 unspecified atom stereocenters. The highest BCUT2D eigenvalue weighted by atomic mass is 79.9. The summed E-state index contributed by atoms with van der Waals surface area (Å²) in [5.74, 6) is -4.10. The number of rotatable bonds is 2. The fourth-order valence-corrected chi connectivity index (χ4v) is 1.49. The Morgan fingerprint density at radius 2 is 2.00 bits per heavy atom. The molecule has 0 radical (unpaired) electrons. The summed E-state index contributed by atoms with van der Waals surface area (Å²) in [6, 6.07) is 2.53. The third kappa shape index (κ3) is 1.93. The second kappa shape index (κ2) is 4.06. The molecule has 1 aromatic carbocycles. The molecular weight excluding hydrogens is 278 g/mol. The quantitative estimate of drug-likeness (QED) is 0.515. The molecule has 3 nitrogen and oxygen atoms in total. The van der Waals surface area contributed by atoms with E-state index in [-0.39, 0.29) is 9.50 Å². The summed E-state index contributed by atoms with van der Waals surface area (Å²) < 4.78 is 13.3. The van der Waals surface area contributed by atoms with Gasteiger partial charge in [0.05, 0.1) is 10.6 Å². The molecule has 14 heavy (non-hydrogen) atoms. The molecule has 0 heterocycles. The van der Waals surface area contributed by atoms with Crippen LogP contribution in [0.1, 0.15) is 10.4 Å². The number of hydrogen-bond donors (Lipinski definition) is 1. The number of carbonyl (C=O) groups excluding carboxylic acids is 1. The van der Waals surface area contributed by atoms with Gasteiger partial charge in [-0.25, -0.2) is 9.18 Å². The molecule has 1 aromatic rings. The van der Waals surface area contributed by atoms with Crippen LogP contribution in [-0.4, -0.2) is 16.9 Å². The minimum atomic E-state index is -1.73. The number of benzene rings is 1. The van der Waals surface area contributed by atoms with Crippen LogP contribution in [0.15, 0.2) is 16.6 Å². The van der Waals surface area contributed by atoms with Gasteiger partial charge in [-0.05, 0) is 28.1 Å². The zero-order valence-electron chi connectivity index (χ0n) is 6.55. The summed E-state index contributed by atoms with van der Waals surface area (Å²) in [6.07, 6.45) is 0. The first-order chi connectivity index (χ1) is 6.45. The monoisotopic (exact) mass is 280 g/mol. The maximum absolute atomic E-state index is 13.2. The fourth-order valence-electron chi connectivity index (χ4n) is 0.842. The first kappa shape index (κ1) is 11.1. The zero-order valence-corrected chi connectivity index (χ0v) is 8.89. The normalized spacial score (nSPS) is 9.93. The van der Waals surface area contributed by atoms with Crippen LogP contribution in [0.3, 0.4) is 0 Å². The number of aliphatic carboxylic acids is 1. The van der Waals surface area contributed by atoms with Crippen molar-refractivity contribution in [1.82, 2.24) is 0 Å². The van der Waals surface area contributed by atoms with E-state index in [9.17, 15) is 14.0 Å². The first-order valence-electron chi connectivity index (χ1n) is 3.36. The number of carbonyl (C=O) groups is 2. The van der Waals surface area contributed by atoms with E-state index in [1.54, 1.807) is 0 Å². The average Bonchev–Trinajstić information content (AvgIpc) is 2.12. The van der Waals surface area contributed by atoms with Crippen molar-refractivity contribution in [2.75, 3.05) is 0 Å². The Labute approximate surface area is 91.6 Å². The molecule has 0 amide bonds. The highest BCUT2D eigenvalue weighted by Gasteiger charge is 2.23. The second-order valence-corrected chi connectivity index (χ2v) is 3.61. The van der Waals surface area contributed by atoms with Gasteiger partial charge in [0.2, 0.25) is 0 Å². The lowest BCUT2D eigenvalue weighted by Gasteiger charge is -2.02. The minimum Gasteiger partial charge on any atom is -0.475 e. The van der Waals surface area contributed by atoms with Gasteiger partial charge in [-0.15, -0.1) is 0 Å². The lowest BCUT2D eigenvalue weighted by Crippen LogP contribution is -2.15. The van der Waals surface area contributed by atoms with Crippen molar-refractivity contribution >= 4 is 39.3 Å². The fraction of sp³-hybridized carbons (Fsp3) is 0. The molecule has 0 saturated heterocycles. The SMILES string of the molecule is O=C(O)C(=O)c1c(Br)ccc(Cl)c1F. The van der Waals surface area contributed by atoms with E-state index >= 15 is 0 Å². The number of carboxylic acid groups (broad SMARTS) is 1. The predicted octanol–water partition coefficient (Wildman–Crippen LogP) is 2.51. The summed E-state index contributed by atoms with van der Waals surface area (Å²) in [4.78, 5) is 21.3. The van der Waals surface area contributed by atoms with Crippen molar-refractivity contribution in [2.45, 2.75) is 0 Å². The average molecular weight is 281 g/mol. The van der Waals surface area contributed by atoms with Gasteiger partial charge in [0.25, 0.3) is 5.78 Å². The molecule has 1 rings (SSSR count). The molecule has 0 aliphatic rings. The predicted molar refractivity (Wildman–Crippen MR) is 51.1 cm³/mol. The summed E-state index contributed by atoms with van der Waals surface area (Å²) in [7, 11) is 0. The number of carboxylic acids is 1.